The summed E-state index contributed by atoms with van der Waals surface area (Å²) < 4.78 is 6.72. The number of benzene rings is 1. The number of hydrogen-bond donors (Lipinski definition) is 1. The van der Waals surface area contributed by atoms with Crippen molar-refractivity contribution in [3.8, 4) is 11.4 Å². The fraction of sp³-hybridized carbons (Fsp3) is 0.273. The van der Waals surface area contributed by atoms with Gasteiger partial charge < -0.3 is 19.2 Å². The van der Waals surface area contributed by atoms with Crippen molar-refractivity contribution in [3.63, 3.8) is 0 Å². The van der Waals surface area contributed by atoms with E-state index in [9.17, 15) is 14.7 Å². The summed E-state index contributed by atoms with van der Waals surface area (Å²) in [5, 5.41) is 15.7. The van der Waals surface area contributed by atoms with Gasteiger partial charge >= 0.3 is 5.97 Å². The molecule has 1 aromatic carbocycles. The quantitative estimate of drug-likeness (QED) is 0.318. The van der Waals surface area contributed by atoms with Crippen LogP contribution in [0.15, 0.2) is 40.3 Å². The van der Waals surface area contributed by atoms with Crippen molar-refractivity contribution in [2.45, 2.75) is 32.1 Å². The van der Waals surface area contributed by atoms with Gasteiger partial charge in [-0.05, 0) is 24.6 Å². The molecule has 0 saturated carbocycles. The average Bonchev–Trinajstić information content (AvgIpc) is 3.11. The molecule has 0 radical (unpaired) electrons. The van der Waals surface area contributed by atoms with Crippen LogP contribution in [0.2, 0.25) is 0 Å². The van der Waals surface area contributed by atoms with E-state index in [-0.39, 0.29) is 18.6 Å². The van der Waals surface area contributed by atoms with Crippen LogP contribution in [0.3, 0.4) is 0 Å². The van der Waals surface area contributed by atoms with E-state index in [4.69, 9.17) is 14.6 Å². The smallest absolute Gasteiger partial charge is 0.343 e. The second kappa shape index (κ2) is 6.50. The highest BCUT2D eigenvalue weighted by Crippen LogP contribution is 2.38. The van der Waals surface area contributed by atoms with Crippen molar-refractivity contribution in [1.29, 1.82) is 0 Å². The van der Waals surface area contributed by atoms with Crippen molar-refractivity contribution < 1.29 is 19.5 Å². The Morgan fingerprint density at radius 1 is 1.37 bits per heavy atom. The number of carbonyl (C=O) groups excluding carboxylic acids is 1. The Morgan fingerprint density at radius 2 is 2.20 bits per heavy atom. The number of oxime groups is 1. The van der Waals surface area contributed by atoms with Crippen LogP contribution < -0.4 is 5.56 Å². The molecular weight excluding hydrogens is 386 g/mol. The van der Waals surface area contributed by atoms with Crippen LogP contribution in [0.1, 0.15) is 35.6 Å². The Hall–Kier alpha value is -3.52. The Morgan fingerprint density at radius 3 is 2.97 bits per heavy atom. The van der Waals surface area contributed by atoms with Gasteiger partial charge in [-0.1, -0.05) is 24.2 Å². The number of pyridine rings is 2. The molecule has 5 rings (SSSR count). The lowest BCUT2D eigenvalue weighted by atomic mass is 9.86. The van der Waals surface area contributed by atoms with Gasteiger partial charge in [0.15, 0.2) is 5.60 Å². The Bertz CT molecular complexity index is 1310. The molecular formula is C22H19N3O5. The summed E-state index contributed by atoms with van der Waals surface area (Å²) in [5.41, 5.74) is 2.27. The Kier molecular flexibility index (Phi) is 4.01. The Labute approximate surface area is 171 Å². The van der Waals surface area contributed by atoms with Crippen molar-refractivity contribution >= 4 is 23.1 Å². The molecule has 2 aliphatic rings. The number of aliphatic hydroxyl groups is 1. The van der Waals surface area contributed by atoms with E-state index in [0.29, 0.717) is 29.1 Å². The van der Waals surface area contributed by atoms with Crippen LogP contribution in [0.4, 0.5) is 0 Å². The van der Waals surface area contributed by atoms with Crippen LogP contribution in [0.5, 0.6) is 0 Å². The second-order valence-corrected chi connectivity index (χ2v) is 7.43. The third kappa shape index (κ3) is 2.43. The summed E-state index contributed by atoms with van der Waals surface area (Å²) in [7, 11) is 1.48. The molecule has 0 spiro atoms. The molecule has 0 fully saturated rings. The van der Waals surface area contributed by atoms with Gasteiger partial charge in [-0.2, -0.15) is 0 Å². The summed E-state index contributed by atoms with van der Waals surface area (Å²) in [6, 6.07) is 9.38. The van der Waals surface area contributed by atoms with E-state index in [0.717, 1.165) is 22.0 Å². The van der Waals surface area contributed by atoms with Crippen molar-refractivity contribution in [3.05, 3.63) is 62.9 Å². The highest BCUT2D eigenvalue weighted by Gasteiger charge is 2.45. The summed E-state index contributed by atoms with van der Waals surface area (Å²) in [5.74, 6) is -0.728. The lowest BCUT2D eigenvalue weighted by molar-refractivity contribution is -0.172. The normalized spacial score (nSPS) is 19.5. The summed E-state index contributed by atoms with van der Waals surface area (Å²) in [6.07, 6.45) is 1.73. The highest BCUT2D eigenvalue weighted by molar-refractivity contribution is 5.99. The monoisotopic (exact) mass is 405 g/mol. The van der Waals surface area contributed by atoms with Crippen LogP contribution in [-0.2, 0) is 33.1 Å². The predicted octanol–water partition coefficient (Wildman–Crippen LogP) is 2.06. The van der Waals surface area contributed by atoms with Crippen LogP contribution in [0.25, 0.3) is 22.3 Å². The molecule has 0 aliphatic carbocycles. The second-order valence-electron chi connectivity index (χ2n) is 7.43. The molecule has 1 atom stereocenters. The molecule has 1 N–H and O–H groups in total. The standard InChI is InChI=1S/C22H19N3O5/c1-3-22(28)16-8-18-19-13(10-25(18)20(26)15(16)11-30-21(22)27)7-14-12(9-23-29-2)5-4-6-17(14)24-19/h4-9,28H,3,10-11H2,1-2H3/b23-9-/t22-/m0/s1. The number of cyclic esters (lactones) is 1. The number of esters is 1. The maximum Gasteiger partial charge on any atom is 0.343 e. The van der Waals surface area contributed by atoms with Crippen LogP contribution in [0, 0.1) is 0 Å². The van der Waals surface area contributed by atoms with Crippen molar-refractivity contribution in [2.75, 3.05) is 7.11 Å². The zero-order valence-electron chi connectivity index (χ0n) is 16.5. The topological polar surface area (TPSA) is 103 Å². The Balaban J connectivity index is 1.75. The number of fused-ring (bicyclic) bond motifs is 5. The number of carbonyl (C=O) groups is 1. The molecule has 152 valence electrons. The zero-order valence-corrected chi connectivity index (χ0v) is 16.5. The minimum atomic E-state index is -1.83. The molecule has 8 heteroatoms. The zero-order chi connectivity index (χ0) is 21.0. The molecule has 0 bridgehead atoms. The third-order valence-corrected chi connectivity index (χ3v) is 5.88. The first-order valence-corrected chi connectivity index (χ1v) is 9.64. The van der Waals surface area contributed by atoms with E-state index in [1.54, 1.807) is 23.8 Å². The van der Waals surface area contributed by atoms with Gasteiger partial charge in [0.1, 0.15) is 13.7 Å². The SMILES string of the molecule is CC[C@@]1(O)C(=O)OCc2c1cc1n(c2=O)Cc2cc3c(/C=N\OC)cccc3nc2-1. The minimum absolute atomic E-state index is 0.113. The first-order valence-electron chi connectivity index (χ1n) is 9.64. The lowest BCUT2D eigenvalue weighted by Crippen LogP contribution is -2.44. The first-order chi connectivity index (χ1) is 14.5. The predicted molar refractivity (Wildman–Crippen MR) is 109 cm³/mol. The largest absolute Gasteiger partial charge is 0.458 e. The molecule has 4 heterocycles. The van der Waals surface area contributed by atoms with E-state index in [2.05, 4.69) is 5.16 Å². The van der Waals surface area contributed by atoms with Gasteiger partial charge in [0.05, 0.1) is 35.2 Å². The highest BCUT2D eigenvalue weighted by atomic mass is 16.6. The molecule has 30 heavy (non-hydrogen) atoms. The molecule has 0 saturated heterocycles. The molecule has 2 aliphatic heterocycles. The summed E-state index contributed by atoms with van der Waals surface area (Å²) in [6.45, 7) is 1.90. The van der Waals surface area contributed by atoms with Gasteiger partial charge in [-0.15, -0.1) is 0 Å². The van der Waals surface area contributed by atoms with E-state index < -0.39 is 11.6 Å². The van der Waals surface area contributed by atoms with E-state index in [1.165, 1.54) is 7.11 Å². The molecule has 0 unspecified atom stereocenters. The van der Waals surface area contributed by atoms with Crippen LogP contribution >= 0.6 is 0 Å². The first kappa shape index (κ1) is 18.5. The van der Waals surface area contributed by atoms with Gasteiger partial charge in [0.25, 0.3) is 5.56 Å². The molecule has 3 aromatic rings. The maximum absolute atomic E-state index is 13.2. The summed E-state index contributed by atoms with van der Waals surface area (Å²) in [4.78, 5) is 35.0. The minimum Gasteiger partial charge on any atom is -0.458 e. The number of aromatic nitrogens is 2. The third-order valence-electron chi connectivity index (χ3n) is 5.88. The lowest BCUT2D eigenvalue weighted by Gasteiger charge is -2.31. The maximum atomic E-state index is 13.2. The van der Waals surface area contributed by atoms with Gasteiger partial charge in [-0.3, -0.25) is 4.79 Å². The van der Waals surface area contributed by atoms with E-state index >= 15 is 0 Å². The fourth-order valence-electron chi connectivity index (χ4n) is 4.25. The van der Waals surface area contributed by atoms with Gasteiger partial charge in [-0.25, -0.2) is 9.78 Å². The molecule has 2 aromatic heterocycles. The van der Waals surface area contributed by atoms with E-state index in [1.807, 2.05) is 24.3 Å². The van der Waals surface area contributed by atoms with Crippen molar-refractivity contribution in [1.82, 2.24) is 9.55 Å². The van der Waals surface area contributed by atoms with Gasteiger partial charge in [0, 0.05) is 22.1 Å². The number of hydrogen-bond acceptors (Lipinski definition) is 7. The van der Waals surface area contributed by atoms with Crippen LogP contribution in [-0.4, -0.2) is 34.0 Å². The van der Waals surface area contributed by atoms with Gasteiger partial charge in [0.2, 0.25) is 0 Å². The number of nitrogens with zero attached hydrogens (tertiary/aromatic N) is 3. The molecule has 0 amide bonds. The number of rotatable bonds is 3. The summed E-state index contributed by atoms with van der Waals surface area (Å²) >= 11 is 0. The molecule has 8 nitrogen and oxygen atoms in total. The van der Waals surface area contributed by atoms with Crippen molar-refractivity contribution in [2.24, 2.45) is 5.16 Å². The average molecular weight is 405 g/mol. The fourth-order valence-corrected chi connectivity index (χ4v) is 4.25. The number of ether oxygens (including phenoxy) is 1.